The number of rotatable bonds is 4. The van der Waals surface area contributed by atoms with Crippen molar-refractivity contribution in [1.82, 2.24) is 0 Å². The lowest BCUT2D eigenvalue weighted by atomic mass is 10.2. The predicted octanol–water partition coefficient (Wildman–Crippen LogP) is 2.93. The van der Waals surface area contributed by atoms with Crippen LogP contribution in [0.4, 0.5) is 5.69 Å². The first-order valence-corrected chi connectivity index (χ1v) is 7.93. The lowest BCUT2D eigenvalue weighted by molar-refractivity contribution is 0.0697. The van der Waals surface area contributed by atoms with Crippen LogP contribution in [0, 0.1) is 0 Å². The number of benzene rings is 2. The van der Waals surface area contributed by atoms with E-state index in [1.165, 1.54) is 36.4 Å². The van der Waals surface area contributed by atoms with E-state index in [0.29, 0.717) is 5.69 Å². The van der Waals surface area contributed by atoms with Gasteiger partial charge in [0.1, 0.15) is 0 Å². The second-order valence-corrected chi connectivity index (χ2v) is 7.29. The molecule has 5 nitrogen and oxygen atoms in total. The van der Waals surface area contributed by atoms with Crippen molar-refractivity contribution >= 4 is 44.5 Å². The van der Waals surface area contributed by atoms with Crippen molar-refractivity contribution in [2.75, 3.05) is 2.52 Å². The number of hydrogen-bond acceptors (Lipinski definition) is 3. The maximum Gasteiger partial charge on any atom is 0.335 e. The second-order valence-electron chi connectivity index (χ2n) is 3.88. The Labute approximate surface area is 130 Å². The number of aromatic carboxylic acids is 1. The van der Waals surface area contributed by atoms with Crippen LogP contribution in [0.3, 0.4) is 0 Å². The molecule has 0 aliphatic carbocycles. The third-order valence-corrected chi connectivity index (χ3v) is 6.18. The smallest absolute Gasteiger partial charge is 0.335 e. The van der Waals surface area contributed by atoms with Gasteiger partial charge in [-0.15, -0.1) is 0 Å². The van der Waals surface area contributed by atoms with Crippen molar-refractivity contribution in [3.05, 3.63) is 60.2 Å². The monoisotopic (exact) mass is 403 g/mol. The van der Waals surface area contributed by atoms with Crippen LogP contribution in [0.25, 0.3) is 0 Å². The summed E-state index contributed by atoms with van der Waals surface area (Å²) in [4.78, 5) is 10.9. The van der Waals surface area contributed by atoms with Gasteiger partial charge in [0.25, 0.3) is 10.0 Å². The topological polar surface area (TPSA) is 74.7 Å². The highest BCUT2D eigenvalue weighted by atomic mass is 127. The summed E-state index contributed by atoms with van der Waals surface area (Å²) in [6.07, 6.45) is 0. The highest BCUT2D eigenvalue weighted by Gasteiger charge is 2.22. The van der Waals surface area contributed by atoms with Crippen LogP contribution >= 0.6 is 22.9 Å². The molecule has 0 radical (unpaired) electrons. The molecule has 7 heteroatoms. The van der Waals surface area contributed by atoms with Crippen molar-refractivity contribution in [2.24, 2.45) is 0 Å². The zero-order chi connectivity index (χ0) is 14.8. The summed E-state index contributed by atoms with van der Waals surface area (Å²) in [5.74, 6) is -1.05. The van der Waals surface area contributed by atoms with Gasteiger partial charge >= 0.3 is 5.97 Å². The van der Waals surface area contributed by atoms with E-state index in [-0.39, 0.29) is 10.5 Å². The first-order chi connectivity index (χ1) is 9.43. The lowest BCUT2D eigenvalue weighted by Crippen LogP contribution is -2.20. The van der Waals surface area contributed by atoms with Crippen LogP contribution in [0.1, 0.15) is 10.4 Å². The van der Waals surface area contributed by atoms with Gasteiger partial charge in [-0.25, -0.2) is 15.7 Å². The van der Waals surface area contributed by atoms with Gasteiger partial charge in [0.05, 0.1) is 39.0 Å². The predicted molar refractivity (Wildman–Crippen MR) is 83.5 cm³/mol. The minimum Gasteiger partial charge on any atom is -0.478 e. The fourth-order valence-corrected chi connectivity index (χ4v) is 3.63. The lowest BCUT2D eigenvalue weighted by Gasteiger charge is -2.17. The first kappa shape index (κ1) is 14.8. The van der Waals surface area contributed by atoms with Gasteiger partial charge in [-0.3, -0.25) is 0 Å². The van der Waals surface area contributed by atoms with Gasteiger partial charge in [-0.2, -0.15) is 0 Å². The SMILES string of the molecule is O=C(O)c1ccc(N(I)S(=O)(=O)c2ccccc2)cc1. The molecule has 0 aromatic heterocycles. The minimum atomic E-state index is -3.65. The average Bonchev–Trinajstić information content (AvgIpc) is 2.47. The molecule has 2 rings (SSSR count). The van der Waals surface area contributed by atoms with E-state index >= 15 is 0 Å². The van der Waals surface area contributed by atoms with E-state index in [2.05, 4.69) is 0 Å². The first-order valence-electron chi connectivity index (χ1n) is 5.52. The summed E-state index contributed by atoms with van der Waals surface area (Å²) in [5.41, 5.74) is 0.495. The van der Waals surface area contributed by atoms with Crippen LogP contribution in [0.5, 0.6) is 0 Å². The Hall–Kier alpha value is -1.61. The molecule has 0 aliphatic heterocycles. The molecule has 0 heterocycles. The molecule has 1 N–H and O–H groups in total. The van der Waals surface area contributed by atoms with Gasteiger partial charge in [0.15, 0.2) is 0 Å². The molecule has 0 saturated heterocycles. The average molecular weight is 403 g/mol. The Kier molecular flexibility index (Phi) is 4.29. The van der Waals surface area contributed by atoms with Crippen LogP contribution < -0.4 is 2.52 Å². The molecule has 2 aromatic rings. The molecule has 0 spiro atoms. The molecule has 0 unspecified atom stereocenters. The zero-order valence-electron chi connectivity index (χ0n) is 10.1. The molecule has 0 bridgehead atoms. The number of carbonyl (C=O) groups is 1. The van der Waals surface area contributed by atoms with Crippen molar-refractivity contribution in [3.63, 3.8) is 0 Å². The van der Waals surface area contributed by atoms with Crippen LogP contribution in [-0.4, -0.2) is 19.5 Å². The fourth-order valence-electron chi connectivity index (χ4n) is 1.54. The highest BCUT2D eigenvalue weighted by Crippen LogP contribution is 2.27. The molecule has 0 aliphatic rings. The third-order valence-electron chi connectivity index (χ3n) is 2.57. The van der Waals surface area contributed by atoms with Gasteiger partial charge in [0.2, 0.25) is 0 Å². The third kappa shape index (κ3) is 2.93. The van der Waals surface area contributed by atoms with Crippen molar-refractivity contribution in [2.45, 2.75) is 4.90 Å². The maximum atomic E-state index is 12.4. The maximum absolute atomic E-state index is 12.4. The zero-order valence-corrected chi connectivity index (χ0v) is 13.1. The van der Waals surface area contributed by atoms with Gasteiger partial charge in [0, 0.05) is 0 Å². The van der Waals surface area contributed by atoms with E-state index in [0.717, 1.165) is 2.52 Å². The molecule has 104 valence electrons. The number of hydrogen-bond donors (Lipinski definition) is 1. The molecule has 0 atom stereocenters. The van der Waals surface area contributed by atoms with E-state index in [4.69, 9.17) is 5.11 Å². The number of carboxylic acids is 1. The highest BCUT2D eigenvalue weighted by molar-refractivity contribution is 14.1. The molecule has 0 amide bonds. The summed E-state index contributed by atoms with van der Waals surface area (Å²) >= 11 is 1.68. The standard InChI is InChI=1S/C13H10INO4S/c14-15(11-8-6-10(7-9-11)13(16)17)20(18,19)12-4-2-1-3-5-12/h1-9H,(H,16,17). The van der Waals surface area contributed by atoms with E-state index in [1.807, 2.05) is 0 Å². The Balaban J connectivity index is 2.36. The van der Waals surface area contributed by atoms with Crippen molar-refractivity contribution in [1.29, 1.82) is 0 Å². The summed E-state index contributed by atoms with van der Waals surface area (Å²) < 4.78 is 25.8. The molecule has 20 heavy (non-hydrogen) atoms. The van der Waals surface area contributed by atoms with Gasteiger partial charge < -0.3 is 5.11 Å². The molecular weight excluding hydrogens is 393 g/mol. The van der Waals surface area contributed by atoms with E-state index in [9.17, 15) is 13.2 Å². The Morgan fingerprint density at radius 3 is 2.05 bits per heavy atom. The number of carboxylic acid groups (broad SMARTS) is 1. The summed E-state index contributed by atoms with van der Waals surface area (Å²) in [6.45, 7) is 0. The number of anilines is 1. The molecule has 0 saturated carbocycles. The second kappa shape index (κ2) is 5.80. The van der Waals surface area contributed by atoms with E-state index in [1.54, 1.807) is 41.1 Å². The van der Waals surface area contributed by atoms with Gasteiger partial charge in [-0.05, 0) is 36.4 Å². The summed E-state index contributed by atoms with van der Waals surface area (Å²) in [5, 5.41) is 8.82. The van der Waals surface area contributed by atoms with Crippen LogP contribution in [-0.2, 0) is 10.0 Å². The number of nitrogens with zero attached hydrogens (tertiary/aromatic N) is 1. The Morgan fingerprint density at radius 2 is 1.55 bits per heavy atom. The Morgan fingerprint density at radius 1 is 1.00 bits per heavy atom. The largest absolute Gasteiger partial charge is 0.478 e. The molecule has 2 aromatic carbocycles. The Bertz CT molecular complexity index is 714. The minimum absolute atomic E-state index is 0.107. The number of sulfonamides is 1. The molecule has 0 fully saturated rings. The van der Waals surface area contributed by atoms with Crippen molar-refractivity contribution in [3.8, 4) is 0 Å². The fraction of sp³-hybridized carbons (Fsp3) is 0. The summed E-state index contributed by atoms with van der Waals surface area (Å²) in [7, 11) is -3.65. The summed E-state index contributed by atoms with van der Waals surface area (Å²) in [6, 6.07) is 13.7. The molecular formula is C13H10INO4S. The van der Waals surface area contributed by atoms with Crippen LogP contribution in [0.15, 0.2) is 59.5 Å². The van der Waals surface area contributed by atoms with E-state index < -0.39 is 16.0 Å². The quantitative estimate of drug-likeness (QED) is 0.630. The number of halogens is 1. The normalized spacial score (nSPS) is 11.1. The van der Waals surface area contributed by atoms with Crippen LogP contribution in [0.2, 0.25) is 0 Å². The van der Waals surface area contributed by atoms with Crippen molar-refractivity contribution < 1.29 is 18.3 Å². The van der Waals surface area contributed by atoms with Gasteiger partial charge in [-0.1, -0.05) is 18.2 Å².